The van der Waals surface area contributed by atoms with E-state index in [1.165, 1.54) is 7.11 Å². The molecule has 40 heavy (non-hydrogen) atoms. The highest BCUT2D eigenvalue weighted by molar-refractivity contribution is 9.10. The molecule has 0 bridgehead atoms. The van der Waals surface area contributed by atoms with Crippen molar-refractivity contribution in [2.24, 2.45) is 0 Å². The van der Waals surface area contributed by atoms with Crippen molar-refractivity contribution >= 4 is 44.8 Å². The zero-order chi connectivity index (χ0) is 28.7. The predicted molar refractivity (Wildman–Crippen MR) is 164 cm³/mol. The fraction of sp³-hybridized carbons (Fsp3) is 0.333. The Hall–Kier alpha value is -3.58. The zero-order valence-electron chi connectivity index (χ0n) is 23.7. The van der Waals surface area contributed by atoms with Crippen molar-refractivity contribution in [2.45, 2.75) is 39.2 Å². The Labute approximate surface area is 245 Å². The fourth-order valence-corrected chi connectivity index (χ4v) is 5.09. The molecular weight excluding hydrogens is 568 g/mol. The highest BCUT2D eigenvalue weighted by Gasteiger charge is 2.26. The minimum Gasteiger partial charge on any atom is -0.469 e. The lowest BCUT2D eigenvalue weighted by atomic mass is 9.87. The molecule has 210 valence electrons. The van der Waals surface area contributed by atoms with Crippen molar-refractivity contribution < 1.29 is 19.1 Å². The number of ether oxygens (including phenoxy) is 2. The van der Waals surface area contributed by atoms with Crippen LogP contribution >= 0.6 is 15.9 Å². The number of amides is 1. The summed E-state index contributed by atoms with van der Waals surface area (Å²) in [6, 6.07) is 27.1. The first kappa shape index (κ1) is 29.4. The van der Waals surface area contributed by atoms with Gasteiger partial charge in [-0.05, 0) is 79.3 Å². The van der Waals surface area contributed by atoms with Crippen LogP contribution < -0.4 is 4.90 Å². The summed E-state index contributed by atoms with van der Waals surface area (Å²) >= 11 is 3.56. The van der Waals surface area contributed by atoms with Gasteiger partial charge in [0, 0.05) is 42.8 Å². The first-order valence-electron chi connectivity index (χ1n) is 13.6. The minimum atomic E-state index is -0.500. The number of carbonyl (C=O) groups excluding carboxylic acids is 2. The van der Waals surface area contributed by atoms with Gasteiger partial charge in [-0.25, -0.2) is 4.79 Å². The van der Waals surface area contributed by atoms with Crippen LogP contribution in [0.4, 0.5) is 10.5 Å². The van der Waals surface area contributed by atoms with Crippen molar-refractivity contribution in [1.29, 1.82) is 0 Å². The van der Waals surface area contributed by atoms with Gasteiger partial charge in [-0.2, -0.15) is 0 Å². The first-order chi connectivity index (χ1) is 19.1. The maximum atomic E-state index is 12.5. The van der Waals surface area contributed by atoms with Crippen LogP contribution in [-0.4, -0.2) is 55.9 Å². The predicted octanol–water partition coefficient (Wildman–Crippen LogP) is 7.42. The van der Waals surface area contributed by atoms with Crippen LogP contribution in [0.5, 0.6) is 0 Å². The van der Waals surface area contributed by atoms with Gasteiger partial charge in [-0.3, -0.25) is 4.79 Å². The second kappa shape index (κ2) is 13.2. The maximum Gasteiger partial charge on any atom is 0.410 e. The molecule has 3 aromatic carbocycles. The number of carbonyl (C=O) groups is 2. The lowest BCUT2D eigenvalue weighted by Gasteiger charge is -2.36. The van der Waals surface area contributed by atoms with E-state index in [1.54, 1.807) is 4.90 Å². The monoisotopic (exact) mass is 604 g/mol. The van der Waals surface area contributed by atoms with E-state index in [4.69, 9.17) is 9.47 Å². The zero-order valence-corrected chi connectivity index (χ0v) is 25.2. The minimum absolute atomic E-state index is 0.232. The number of rotatable bonds is 7. The maximum absolute atomic E-state index is 12.5. The molecule has 0 unspecified atom stereocenters. The molecule has 1 heterocycles. The topological polar surface area (TPSA) is 59.1 Å². The Kier molecular flexibility index (Phi) is 9.69. The van der Waals surface area contributed by atoms with Gasteiger partial charge in [-0.15, -0.1) is 0 Å². The van der Waals surface area contributed by atoms with Crippen molar-refractivity contribution in [1.82, 2.24) is 4.90 Å². The Morgan fingerprint density at radius 2 is 1.35 bits per heavy atom. The van der Waals surface area contributed by atoms with Gasteiger partial charge in [0.05, 0.1) is 7.11 Å². The molecule has 1 amide bonds. The van der Waals surface area contributed by atoms with Crippen molar-refractivity contribution in [2.75, 3.05) is 38.2 Å². The van der Waals surface area contributed by atoms with E-state index in [9.17, 15) is 9.59 Å². The summed E-state index contributed by atoms with van der Waals surface area (Å²) in [7, 11) is 1.43. The molecule has 0 aromatic heterocycles. The largest absolute Gasteiger partial charge is 0.469 e. The van der Waals surface area contributed by atoms with Gasteiger partial charge < -0.3 is 19.3 Å². The van der Waals surface area contributed by atoms with Crippen LogP contribution in [0, 0.1) is 0 Å². The molecule has 0 aliphatic carbocycles. The van der Waals surface area contributed by atoms with Crippen LogP contribution in [0.1, 0.15) is 50.3 Å². The lowest BCUT2D eigenvalue weighted by Crippen LogP contribution is -2.50. The molecule has 1 aliphatic rings. The van der Waals surface area contributed by atoms with Crippen LogP contribution in [0.2, 0.25) is 0 Å². The smallest absolute Gasteiger partial charge is 0.410 e. The highest BCUT2D eigenvalue weighted by Crippen LogP contribution is 2.36. The van der Waals surface area contributed by atoms with Gasteiger partial charge >= 0.3 is 12.1 Å². The van der Waals surface area contributed by atoms with Crippen molar-refractivity contribution in [3.63, 3.8) is 0 Å². The number of piperazine rings is 1. The first-order valence-corrected chi connectivity index (χ1v) is 14.4. The lowest BCUT2D eigenvalue weighted by molar-refractivity contribution is -0.140. The fourth-order valence-electron chi connectivity index (χ4n) is 4.83. The second-order valence-electron chi connectivity index (χ2n) is 10.8. The summed E-state index contributed by atoms with van der Waals surface area (Å²) in [6.07, 6.45) is 0.587. The summed E-state index contributed by atoms with van der Waals surface area (Å²) in [4.78, 5) is 28.7. The molecule has 4 rings (SSSR count). The van der Waals surface area contributed by atoms with Gasteiger partial charge in [0.15, 0.2) is 0 Å². The summed E-state index contributed by atoms with van der Waals surface area (Å²) < 4.78 is 11.5. The normalized spacial score (nSPS) is 14.4. The SMILES string of the molecule is COC(=O)CC/C(=C(\c1ccc(Br)cc1)c1ccc(N2CCN(C(=O)OC(C)(C)C)CC2)cc1)c1ccccc1. The Morgan fingerprint density at radius 3 is 1.90 bits per heavy atom. The van der Waals surface area contributed by atoms with E-state index in [-0.39, 0.29) is 12.1 Å². The van der Waals surface area contributed by atoms with Crippen LogP contribution in [0.25, 0.3) is 11.1 Å². The molecule has 1 saturated heterocycles. The quantitative estimate of drug-likeness (QED) is 0.207. The summed E-state index contributed by atoms with van der Waals surface area (Å²) in [5.74, 6) is -0.232. The number of halogens is 1. The van der Waals surface area contributed by atoms with Crippen molar-refractivity contribution in [3.05, 3.63) is 100 Å². The summed E-state index contributed by atoms with van der Waals surface area (Å²) in [6.45, 7) is 8.37. The number of anilines is 1. The average molecular weight is 606 g/mol. The molecule has 7 heteroatoms. The van der Waals surface area contributed by atoms with E-state index in [1.807, 2.05) is 51.1 Å². The molecule has 0 N–H and O–H groups in total. The van der Waals surface area contributed by atoms with E-state index in [0.29, 0.717) is 25.9 Å². The van der Waals surface area contributed by atoms with Gasteiger partial charge in [-0.1, -0.05) is 70.5 Å². The Bertz CT molecular complexity index is 1320. The number of hydrogen-bond acceptors (Lipinski definition) is 5. The number of hydrogen-bond donors (Lipinski definition) is 0. The molecule has 3 aromatic rings. The molecule has 0 radical (unpaired) electrons. The third kappa shape index (κ3) is 7.75. The van der Waals surface area contributed by atoms with Gasteiger partial charge in [0.2, 0.25) is 0 Å². The van der Waals surface area contributed by atoms with Gasteiger partial charge in [0.1, 0.15) is 5.60 Å². The Morgan fingerprint density at radius 1 is 0.775 bits per heavy atom. The van der Waals surface area contributed by atoms with E-state index >= 15 is 0 Å². The third-order valence-electron chi connectivity index (χ3n) is 6.82. The molecule has 0 atom stereocenters. The number of nitrogens with zero attached hydrogens (tertiary/aromatic N) is 2. The van der Waals surface area contributed by atoms with Gasteiger partial charge in [0.25, 0.3) is 0 Å². The second-order valence-corrected chi connectivity index (χ2v) is 11.7. The van der Waals surface area contributed by atoms with E-state index in [0.717, 1.165) is 51.1 Å². The molecule has 0 spiro atoms. The molecule has 0 saturated carbocycles. The molecular formula is C33H37BrN2O4. The number of allylic oxidation sites excluding steroid dienone is 1. The Balaban J connectivity index is 1.64. The average Bonchev–Trinajstić information content (AvgIpc) is 2.95. The van der Waals surface area contributed by atoms with Crippen LogP contribution in [0.3, 0.4) is 0 Å². The number of benzene rings is 3. The molecule has 6 nitrogen and oxygen atoms in total. The summed E-state index contributed by atoms with van der Waals surface area (Å²) in [5, 5.41) is 0. The van der Waals surface area contributed by atoms with Crippen molar-refractivity contribution in [3.8, 4) is 0 Å². The highest BCUT2D eigenvalue weighted by atomic mass is 79.9. The van der Waals surface area contributed by atoms with Crippen LogP contribution in [-0.2, 0) is 14.3 Å². The van der Waals surface area contributed by atoms with Crippen LogP contribution in [0.15, 0.2) is 83.3 Å². The van der Waals surface area contributed by atoms with E-state index < -0.39 is 5.60 Å². The number of esters is 1. The third-order valence-corrected chi connectivity index (χ3v) is 7.34. The molecule has 1 aliphatic heterocycles. The van der Waals surface area contributed by atoms with E-state index in [2.05, 4.69) is 69.4 Å². The summed E-state index contributed by atoms with van der Waals surface area (Å²) in [5.41, 5.74) is 6.01. The molecule has 1 fully saturated rings. The number of methoxy groups -OCH3 is 1. The standard InChI is InChI=1S/C33H37BrN2O4/c1-33(2,3)40-32(38)36-22-20-35(21-23-36)28-16-12-26(13-17-28)31(25-10-14-27(34)15-11-25)29(18-19-30(37)39-4)24-8-6-5-7-9-24/h5-17H,18-23H2,1-4H3/b31-29-.